The van der Waals surface area contributed by atoms with Crippen molar-refractivity contribution in [2.75, 3.05) is 0 Å². The molecular formula is C20H22N4O. The predicted octanol–water partition coefficient (Wildman–Crippen LogP) is 4.23. The lowest BCUT2D eigenvalue weighted by Gasteiger charge is -2.08. The first kappa shape index (κ1) is 16.9. The van der Waals surface area contributed by atoms with Crippen molar-refractivity contribution in [2.24, 2.45) is 5.10 Å². The summed E-state index contributed by atoms with van der Waals surface area (Å²) in [7, 11) is 0. The summed E-state index contributed by atoms with van der Waals surface area (Å²) in [6.07, 6.45) is 4.15. The molecule has 1 aromatic carbocycles. The number of amides is 1. The SMILES string of the molecule is CC/C(=N\NC(=O)c1[nH]c2ccccc2c1C(C)C)c1ccncc1. The van der Waals surface area contributed by atoms with Gasteiger partial charge in [0.1, 0.15) is 5.69 Å². The van der Waals surface area contributed by atoms with Crippen LogP contribution in [0, 0.1) is 0 Å². The van der Waals surface area contributed by atoms with Crippen molar-refractivity contribution in [3.05, 3.63) is 65.6 Å². The average molecular weight is 334 g/mol. The second-order valence-electron chi connectivity index (χ2n) is 6.20. The van der Waals surface area contributed by atoms with Gasteiger partial charge in [-0.15, -0.1) is 0 Å². The number of hydrogen-bond acceptors (Lipinski definition) is 3. The third-order valence-corrected chi connectivity index (χ3v) is 4.19. The van der Waals surface area contributed by atoms with Crippen molar-refractivity contribution < 1.29 is 4.79 Å². The van der Waals surface area contributed by atoms with Crippen LogP contribution in [0.15, 0.2) is 53.9 Å². The second-order valence-corrected chi connectivity index (χ2v) is 6.20. The minimum atomic E-state index is -0.222. The number of hydrazone groups is 1. The van der Waals surface area contributed by atoms with Crippen molar-refractivity contribution in [2.45, 2.75) is 33.1 Å². The highest BCUT2D eigenvalue weighted by molar-refractivity contribution is 6.04. The first-order valence-electron chi connectivity index (χ1n) is 8.49. The molecule has 25 heavy (non-hydrogen) atoms. The maximum Gasteiger partial charge on any atom is 0.288 e. The largest absolute Gasteiger partial charge is 0.350 e. The zero-order valence-corrected chi connectivity index (χ0v) is 14.7. The summed E-state index contributed by atoms with van der Waals surface area (Å²) in [6.45, 7) is 6.18. The Kier molecular flexibility index (Phi) is 4.93. The second kappa shape index (κ2) is 7.30. The normalized spacial score (nSPS) is 11.9. The van der Waals surface area contributed by atoms with E-state index in [1.807, 2.05) is 43.3 Å². The highest BCUT2D eigenvalue weighted by Crippen LogP contribution is 2.29. The van der Waals surface area contributed by atoms with Gasteiger partial charge in [-0.3, -0.25) is 9.78 Å². The molecule has 2 heterocycles. The molecule has 5 heteroatoms. The van der Waals surface area contributed by atoms with E-state index in [-0.39, 0.29) is 11.8 Å². The molecule has 0 saturated heterocycles. The lowest BCUT2D eigenvalue weighted by Crippen LogP contribution is -2.21. The number of nitrogens with one attached hydrogen (secondary N) is 2. The molecule has 0 saturated carbocycles. The Labute approximate surface area is 147 Å². The van der Waals surface area contributed by atoms with E-state index in [2.05, 4.69) is 34.3 Å². The number of aromatic nitrogens is 2. The zero-order chi connectivity index (χ0) is 17.8. The van der Waals surface area contributed by atoms with Crippen LogP contribution in [0.3, 0.4) is 0 Å². The molecule has 128 valence electrons. The van der Waals surface area contributed by atoms with Gasteiger partial charge < -0.3 is 4.98 Å². The van der Waals surface area contributed by atoms with Gasteiger partial charge >= 0.3 is 0 Å². The van der Waals surface area contributed by atoms with Gasteiger partial charge in [0.15, 0.2) is 0 Å². The van der Waals surface area contributed by atoms with Crippen LogP contribution in [0.2, 0.25) is 0 Å². The van der Waals surface area contributed by atoms with Crippen LogP contribution < -0.4 is 5.43 Å². The van der Waals surface area contributed by atoms with E-state index in [1.165, 1.54) is 0 Å². The molecule has 0 aliphatic carbocycles. The molecule has 0 aliphatic rings. The van der Waals surface area contributed by atoms with Gasteiger partial charge in [0.05, 0.1) is 5.71 Å². The molecule has 0 fully saturated rings. The fraction of sp³-hybridized carbons (Fsp3) is 0.250. The fourth-order valence-electron chi connectivity index (χ4n) is 3.01. The van der Waals surface area contributed by atoms with Gasteiger partial charge in [-0.25, -0.2) is 5.43 Å². The number of para-hydroxylation sites is 1. The lowest BCUT2D eigenvalue weighted by molar-refractivity contribution is 0.0949. The van der Waals surface area contributed by atoms with Crippen molar-refractivity contribution in [3.8, 4) is 0 Å². The quantitative estimate of drug-likeness (QED) is 0.541. The molecule has 0 radical (unpaired) electrons. The van der Waals surface area contributed by atoms with Crippen LogP contribution in [-0.4, -0.2) is 21.6 Å². The van der Waals surface area contributed by atoms with Crippen LogP contribution in [0.4, 0.5) is 0 Å². The third-order valence-electron chi connectivity index (χ3n) is 4.19. The molecule has 0 aliphatic heterocycles. The van der Waals surface area contributed by atoms with Crippen LogP contribution in [-0.2, 0) is 0 Å². The Hall–Kier alpha value is -2.95. The minimum Gasteiger partial charge on any atom is -0.350 e. The van der Waals surface area contributed by atoms with Crippen molar-refractivity contribution >= 4 is 22.5 Å². The molecule has 0 atom stereocenters. The molecule has 3 aromatic rings. The number of fused-ring (bicyclic) bond motifs is 1. The van der Waals surface area contributed by atoms with Gasteiger partial charge in [0.25, 0.3) is 5.91 Å². The number of aromatic amines is 1. The first-order chi connectivity index (χ1) is 12.1. The average Bonchev–Trinajstić information content (AvgIpc) is 3.03. The summed E-state index contributed by atoms with van der Waals surface area (Å²) in [5, 5.41) is 5.41. The van der Waals surface area contributed by atoms with E-state index >= 15 is 0 Å². The molecule has 1 amide bonds. The molecule has 0 spiro atoms. The number of carbonyl (C=O) groups is 1. The van der Waals surface area contributed by atoms with Crippen LogP contribution in [0.1, 0.15) is 54.7 Å². The number of nitrogens with zero attached hydrogens (tertiary/aromatic N) is 2. The number of hydrogen-bond donors (Lipinski definition) is 2. The maximum atomic E-state index is 12.7. The van der Waals surface area contributed by atoms with Crippen molar-refractivity contribution in [3.63, 3.8) is 0 Å². The number of rotatable bonds is 5. The molecule has 0 bridgehead atoms. The molecule has 0 unspecified atom stereocenters. The smallest absolute Gasteiger partial charge is 0.288 e. The Bertz CT molecular complexity index is 910. The summed E-state index contributed by atoms with van der Waals surface area (Å²) in [5.41, 5.74) is 7.03. The Morgan fingerprint density at radius 3 is 2.60 bits per heavy atom. The minimum absolute atomic E-state index is 0.222. The van der Waals surface area contributed by atoms with Gasteiger partial charge in [0.2, 0.25) is 0 Å². The fourth-order valence-corrected chi connectivity index (χ4v) is 3.01. The summed E-state index contributed by atoms with van der Waals surface area (Å²) < 4.78 is 0. The highest BCUT2D eigenvalue weighted by atomic mass is 16.2. The molecule has 5 nitrogen and oxygen atoms in total. The van der Waals surface area contributed by atoms with Crippen molar-refractivity contribution in [1.29, 1.82) is 0 Å². The number of carbonyl (C=O) groups excluding carboxylic acids is 1. The van der Waals surface area contributed by atoms with Crippen LogP contribution >= 0.6 is 0 Å². The molecule has 3 rings (SSSR count). The van der Waals surface area contributed by atoms with Gasteiger partial charge in [0, 0.05) is 28.9 Å². The zero-order valence-electron chi connectivity index (χ0n) is 14.7. The van der Waals surface area contributed by atoms with E-state index < -0.39 is 0 Å². The third kappa shape index (κ3) is 3.45. The Morgan fingerprint density at radius 1 is 1.20 bits per heavy atom. The van der Waals surface area contributed by atoms with E-state index in [0.29, 0.717) is 12.1 Å². The summed E-state index contributed by atoms with van der Waals surface area (Å²) in [6, 6.07) is 11.7. The Morgan fingerprint density at radius 2 is 1.92 bits per heavy atom. The predicted molar refractivity (Wildman–Crippen MR) is 101 cm³/mol. The summed E-state index contributed by atoms with van der Waals surface area (Å²) in [4.78, 5) is 20.0. The molecular weight excluding hydrogens is 312 g/mol. The van der Waals surface area contributed by atoms with Crippen LogP contribution in [0.25, 0.3) is 10.9 Å². The number of benzene rings is 1. The van der Waals surface area contributed by atoms with E-state index in [4.69, 9.17) is 0 Å². The number of H-pyrrole nitrogens is 1. The van der Waals surface area contributed by atoms with E-state index in [1.54, 1.807) is 12.4 Å². The van der Waals surface area contributed by atoms with Gasteiger partial charge in [-0.1, -0.05) is 39.0 Å². The van der Waals surface area contributed by atoms with Gasteiger partial charge in [-0.2, -0.15) is 5.10 Å². The lowest BCUT2D eigenvalue weighted by atomic mass is 9.99. The number of pyridine rings is 1. The summed E-state index contributed by atoms with van der Waals surface area (Å²) in [5.74, 6) is 0.00614. The molecule has 2 N–H and O–H groups in total. The monoisotopic (exact) mass is 334 g/mol. The standard InChI is InChI=1S/C20H22N4O/c1-4-16(14-9-11-21-12-10-14)23-24-20(25)19-18(13(2)3)15-7-5-6-8-17(15)22-19/h5-13,22H,4H2,1-3H3,(H,24,25)/b23-16+. The van der Waals surface area contributed by atoms with E-state index in [0.717, 1.165) is 27.7 Å². The highest BCUT2D eigenvalue weighted by Gasteiger charge is 2.19. The topological polar surface area (TPSA) is 70.1 Å². The van der Waals surface area contributed by atoms with Crippen LogP contribution in [0.5, 0.6) is 0 Å². The Balaban J connectivity index is 1.92. The van der Waals surface area contributed by atoms with Gasteiger partial charge in [-0.05, 0) is 36.1 Å². The van der Waals surface area contributed by atoms with E-state index in [9.17, 15) is 4.79 Å². The maximum absolute atomic E-state index is 12.7. The first-order valence-corrected chi connectivity index (χ1v) is 8.49. The molecule has 2 aromatic heterocycles. The van der Waals surface area contributed by atoms with Crippen molar-refractivity contribution in [1.82, 2.24) is 15.4 Å². The summed E-state index contributed by atoms with van der Waals surface area (Å²) >= 11 is 0.